The van der Waals surface area contributed by atoms with E-state index in [4.69, 9.17) is 17.3 Å². The van der Waals surface area contributed by atoms with Crippen LogP contribution in [0.25, 0.3) is 10.2 Å². The number of nitrogens with two attached hydrogens (primary N) is 1. The number of benzene rings is 1. The molecule has 2 aromatic heterocycles. The summed E-state index contributed by atoms with van der Waals surface area (Å²) in [6, 6.07) is 7.85. The van der Waals surface area contributed by atoms with Crippen LogP contribution >= 0.6 is 22.9 Å². The van der Waals surface area contributed by atoms with Gasteiger partial charge in [-0.1, -0.05) is 17.7 Å². The highest BCUT2D eigenvalue weighted by molar-refractivity contribution is 7.18. The molecule has 1 aromatic carbocycles. The third-order valence-electron chi connectivity index (χ3n) is 2.97. The van der Waals surface area contributed by atoms with E-state index in [1.54, 1.807) is 11.3 Å². The van der Waals surface area contributed by atoms with Crippen molar-refractivity contribution in [2.75, 3.05) is 11.1 Å². The van der Waals surface area contributed by atoms with Gasteiger partial charge in [0, 0.05) is 15.6 Å². The largest absolute Gasteiger partial charge is 0.368 e. The van der Waals surface area contributed by atoms with Crippen LogP contribution in [0.4, 0.5) is 17.5 Å². The molecule has 4 nitrogen and oxygen atoms in total. The zero-order chi connectivity index (χ0) is 14.3. The summed E-state index contributed by atoms with van der Waals surface area (Å²) in [5.41, 5.74) is 7.68. The van der Waals surface area contributed by atoms with Crippen molar-refractivity contribution in [3.8, 4) is 0 Å². The van der Waals surface area contributed by atoms with Crippen LogP contribution in [0.5, 0.6) is 0 Å². The number of thiophene rings is 1. The number of aryl methyl sites for hydroxylation is 2. The van der Waals surface area contributed by atoms with Gasteiger partial charge in [0.2, 0.25) is 5.95 Å². The van der Waals surface area contributed by atoms with Crippen molar-refractivity contribution in [1.82, 2.24) is 9.97 Å². The van der Waals surface area contributed by atoms with Crippen LogP contribution in [0.1, 0.15) is 10.4 Å². The van der Waals surface area contributed by atoms with E-state index in [0.29, 0.717) is 5.82 Å². The van der Waals surface area contributed by atoms with Crippen LogP contribution in [0.3, 0.4) is 0 Å². The summed E-state index contributed by atoms with van der Waals surface area (Å²) < 4.78 is 0. The minimum Gasteiger partial charge on any atom is -0.368 e. The Morgan fingerprint density at radius 3 is 2.75 bits per heavy atom. The standard InChI is InChI=1S/C14H13ClN4S/c1-7-3-4-9(6-11(7)15)17-12-10-5-8(2)20-13(10)19-14(16)18-12/h3-6H,1-2H3,(H3,16,17,18,19). The number of nitrogen functional groups attached to an aromatic ring is 1. The third-order valence-corrected chi connectivity index (χ3v) is 4.32. The molecule has 102 valence electrons. The molecule has 0 radical (unpaired) electrons. The number of hydrogen-bond donors (Lipinski definition) is 2. The first-order valence-electron chi connectivity index (χ1n) is 6.10. The summed E-state index contributed by atoms with van der Waals surface area (Å²) in [4.78, 5) is 10.6. The molecule has 3 N–H and O–H groups in total. The van der Waals surface area contributed by atoms with Gasteiger partial charge in [-0.3, -0.25) is 0 Å². The van der Waals surface area contributed by atoms with Gasteiger partial charge in [-0.15, -0.1) is 11.3 Å². The van der Waals surface area contributed by atoms with Gasteiger partial charge >= 0.3 is 0 Å². The Balaban J connectivity index is 2.07. The van der Waals surface area contributed by atoms with Gasteiger partial charge in [0.05, 0.1) is 5.39 Å². The molecule has 0 unspecified atom stereocenters. The van der Waals surface area contributed by atoms with Gasteiger partial charge in [-0.2, -0.15) is 4.98 Å². The zero-order valence-electron chi connectivity index (χ0n) is 11.1. The first-order chi connectivity index (χ1) is 9.52. The maximum atomic E-state index is 6.14. The van der Waals surface area contributed by atoms with E-state index in [1.165, 1.54) is 4.88 Å². The first-order valence-corrected chi connectivity index (χ1v) is 7.29. The van der Waals surface area contributed by atoms with E-state index < -0.39 is 0 Å². The lowest BCUT2D eigenvalue weighted by atomic mass is 10.2. The molecule has 0 amide bonds. The van der Waals surface area contributed by atoms with Crippen molar-refractivity contribution in [1.29, 1.82) is 0 Å². The number of aromatic nitrogens is 2. The molecule has 20 heavy (non-hydrogen) atoms. The highest BCUT2D eigenvalue weighted by atomic mass is 35.5. The van der Waals surface area contributed by atoms with Crippen molar-refractivity contribution < 1.29 is 0 Å². The fourth-order valence-corrected chi connectivity index (χ4v) is 3.03. The van der Waals surface area contributed by atoms with Gasteiger partial charge in [-0.05, 0) is 37.6 Å². The number of anilines is 3. The summed E-state index contributed by atoms with van der Waals surface area (Å²) >= 11 is 7.74. The minimum atomic E-state index is 0.264. The molecule has 0 saturated carbocycles. The average molecular weight is 305 g/mol. The average Bonchev–Trinajstić information content (AvgIpc) is 2.74. The van der Waals surface area contributed by atoms with Gasteiger partial charge in [-0.25, -0.2) is 4.98 Å². The van der Waals surface area contributed by atoms with Gasteiger partial charge in [0.15, 0.2) is 0 Å². The van der Waals surface area contributed by atoms with Crippen LogP contribution in [0, 0.1) is 13.8 Å². The van der Waals surface area contributed by atoms with Crippen LogP contribution < -0.4 is 11.1 Å². The molecule has 0 atom stereocenters. The molecule has 2 heterocycles. The molecular weight excluding hydrogens is 292 g/mol. The van der Waals surface area contributed by atoms with E-state index in [-0.39, 0.29) is 5.95 Å². The molecule has 0 bridgehead atoms. The second kappa shape index (κ2) is 4.92. The second-order valence-electron chi connectivity index (χ2n) is 4.60. The number of nitrogens with one attached hydrogen (secondary N) is 1. The number of rotatable bonds is 2. The monoisotopic (exact) mass is 304 g/mol. The number of halogens is 1. The molecule has 6 heteroatoms. The Bertz CT molecular complexity index is 797. The summed E-state index contributed by atoms with van der Waals surface area (Å²) in [5.74, 6) is 0.969. The van der Waals surface area contributed by atoms with Crippen LogP contribution in [-0.4, -0.2) is 9.97 Å². The van der Waals surface area contributed by atoms with E-state index >= 15 is 0 Å². The van der Waals surface area contributed by atoms with E-state index in [0.717, 1.165) is 26.5 Å². The molecule has 0 aliphatic heterocycles. The molecule has 0 aliphatic rings. The van der Waals surface area contributed by atoms with E-state index in [2.05, 4.69) is 21.4 Å². The Morgan fingerprint density at radius 2 is 2.00 bits per heavy atom. The van der Waals surface area contributed by atoms with Gasteiger partial charge < -0.3 is 11.1 Å². The van der Waals surface area contributed by atoms with E-state index in [1.807, 2.05) is 32.0 Å². The fourth-order valence-electron chi connectivity index (χ4n) is 1.96. The van der Waals surface area contributed by atoms with Crippen molar-refractivity contribution >= 4 is 50.6 Å². The maximum absolute atomic E-state index is 6.14. The lowest BCUT2D eigenvalue weighted by molar-refractivity contribution is 1.24. The molecule has 0 fully saturated rings. The lowest BCUT2D eigenvalue weighted by Crippen LogP contribution is -2.00. The topological polar surface area (TPSA) is 63.8 Å². The summed E-state index contributed by atoms with van der Waals surface area (Å²) in [6.45, 7) is 4.00. The van der Waals surface area contributed by atoms with Crippen LogP contribution in [0.15, 0.2) is 24.3 Å². The highest BCUT2D eigenvalue weighted by Crippen LogP contribution is 2.31. The van der Waals surface area contributed by atoms with E-state index in [9.17, 15) is 0 Å². The summed E-state index contributed by atoms with van der Waals surface area (Å²) in [5, 5.41) is 4.95. The third kappa shape index (κ3) is 2.42. The van der Waals surface area contributed by atoms with Crippen molar-refractivity contribution in [2.45, 2.75) is 13.8 Å². The van der Waals surface area contributed by atoms with Crippen molar-refractivity contribution in [3.63, 3.8) is 0 Å². The molecular formula is C14H13ClN4S. The van der Waals surface area contributed by atoms with Crippen molar-refractivity contribution in [3.05, 3.63) is 39.7 Å². The first kappa shape index (κ1) is 13.1. The van der Waals surface area contributed by atoms with Crippen LogP contribution in [0.2, 0.25) is 5.02 Å². The smallest absolute Gasteiger partial charge is 0.223 e. The highest BCUT2D eigenvalue weighted by Gasteiger charge is 2.10. The Morgan fingerprint density at radius 1 is 1.20 bits per heavy atom. The zero-order valence-corrected chi connectivity index (χ0v) is 12.6. The summed E-state index contributed by atoms with van der Waals surface area (Å²) in [7, 11) is 0. The SMILES string of the molecule is Cc1cc2c(Nc3ccc(C)c(Cl)c3)nc(N)nc2s1. The summed E-state index contributed by atoms with van der Waals surface area (Å²) in [6.07, 6.45) is 0. The van der Waals surface area contributed by atoms with Gasteiger partial charge in [0.25, 0.3) is 0 Å². The van der Waals surface area contributed by atoms with Crippen molar-refractivity contribution in [2.24, 2.45) is 0 Å². The molecule has 3 aromatic rings. The normalized spacial score (nSPS) is 10.9. The minimum absolute atomic E-state index is 0.264. The van der Waals surface area contributed by atoms with Gasteiger partial charge in [0.1, 0.15) is 10.6 Å². The predicted octanol–water partition coefficient (Wildman–Crippen LogP) is 4.29. The molecule has 3 rings (SSSR count). The second-order valence-corrected chi connectivity index (χ2v) is 6.24. The lowest BCUT2D eigenvalue weighted by Gasteiger charge is -2.08. The Labute approximate surface area is 125 Å². The maximum Gasteiger partial charge on any atom is 0.223 e. The quantitative estimate of drug-likeness (QED) is 0.741. The number of hydrogen-bond acceptors (Lipinski definition) is 5. The predicted molar refractivity (Wildman–Crippen MR) is 86.0 cm³/mol. The fraction of sp³-hybridized carbons (Fsp3) is 0.143. The number of nitrogens with zero attached hydrogens (tertiary/aromatic N) is 2. The number of fused-ring (bicyclic) bond motifs is 1. The Hall–Kier alpha value is -1.85. The molecule has 0 saturated heterocycles. The molecule has 0 aliphatic carbocycles. The molecule has 0 spiro atoms. The Kier molecular flexibility index (Phi) is 3.23. The van der Waals surface area contributed by atoms with Crippen LogP contribution in [-0.2, 0) is 0 Å².